The summed E-state index contributed by atoms with van der Waals surface area (Å²) in [6, 6.07) is 10.4. The molecule has 0 aliphatic rings. The number of benzene rings is 1. The van der Waals surface area contributed by atoms with Crippen molar-refractivity contribution in [1.82, 2.24) is 4.98 Å². The summed E-state index contributed by atoms with van der Waals surface area (Å²) in [5.74, 6) is -1.17. The zero-order valence-electron chi connectivity index (χ0n) is 10.7. The molecule has 0 bridgehead atoms. The number of carbonyl (C=O) groups is 2. The van der Waals surface area contributed by atoms with Crippen molar-refractivity contribution in [2.45, 2.75) is 5.03 Å². The molecule has 108 valence electrons. The second-order valence-corrected chi connectivity index (χ2v) is 5.94. The third-order valence-electron chi connectivity index (χ3n) is 2.42. The van der Waals surface area contributed by atoms with Crippen LogP contribution in [0.25, 0.3) is 0 Å². The van der Waals surface area contributed by atoms with Gasteiger partial charge in [0.25, 0.3) is 5.91 Å². The number of pyridine rings is 1. The molecule has 0 radical (unpaired) electrons. The van der Waals surface area contributed by atoms with Crippen LogP contribution >= 0.6 is 27.7 Å². The summed E-state index contributed by atoms with van der Waals surface area (Å²) in [6.07, 6.45) is 1.50. The van der Waals surface area contributed by atoms with E-state index >= 15 is 0 Å². The van der Waals surface area contributed by atoms with Gasteiger partial charge in [-0.15, -0.1) is 0 Å². The lowest BCUT2D eigenvalue weighted by Gasteiger charge is -2.06. The van der Waals surface area contributed by atoms with Gasteiger partial charge in [-0.05, 0) is 30.3 Å². The van der Waals surface area contributed by atoms with E-state index in [4.69, 9.17) is 5.11 Å². The molecule has 1 aromatic carbocycles. The Morgan fingerprint density at radius 3 is 2.71 bits per heavy atom. The van der Waals surface area contributed by atoms with Crippen LogP contribution in [0, 0.1) is 0 Å². The maximum Gasteiger partial charge on any atom is 0.313 e. The maximum absolute atomic E-state index is 12.0. The van der Waals surface area contributed by atoms with E-state index in [1.165, 1.54) is 6.20 Å². The van der Waals surface area contributed by atoms with Gasteiger partial charge < -0.3 is 10.4 Å². The minimum atomic E-state index is -0.895. The fraction of sp³-hybridized carbons (Fsp3) is 0.0714. The molecular formula is C14H11BrN2O3S. The van der Waals surface area contributed by atoms with Crippen LogP contribution in [-0.4, -0.2) is 27.7 Å². The molecule has 0 aliphatic heterocycles. The lowest BCUT2D eigenvalue weighted by molar-refractivity contribution is -0.133. The molecule has 0 atom stereocenters. The summed E-state index contributed by atoms with van der Waals surface area (Å²) in [4.78, 5) is 26.6. The van der Waals surface area contributed by atoms with Gasteiger partial charge >= 0.3 is 5.97 Å². The molecule has 7 heteroatoms. The Balaban J connectivity index is 2.00. The first kappa shape index (κ1) is 15.5. The number of carboxylic acids is 1. The van der Waals surface area contributed by atoms with E-state index in [0.29, 0.717) is 16.3 Å². The smallest absolute Gasteiger partial charge is 0.313 e. The molecule has 0 aliphatic carbocycles. The van der Waals surface area contributed by atoms with Gasteiger partial charge in [0.2, 0.25) is 0 Å². The van der Waals surface area contributed by atoms with Gasteiger partial charge in [-0.3, -0.25) is 9.59 Å². The van der Waals surface area contributed by atoms with Crippen molar-refractivity contribution in [2.24, 2.45) is 0 Å². The fourth-order valence-corrected chi connectivity index (χ4v) is 2.47. The first-order chi connectivity index (χ1) is 10.0. The first-order valence-corrected chi connectivity index (χ1v) is 7.70. The van der Waals surface area contributed by atoms with Crippen LogP contribution in [0.5, 0.6) is 0 Å². The lowest BCUT2D eigenvalue weighted by Crippen LogP contribution is -2.11. The standard InChI is InChI=1S/C14H11BrN2O3S/c15-10-3-1-2-9(6-10)14(20)17-11-4-5-12(16-7-11)21-8-13(18)19/h1-7H,8H2,(H,17,20)(H,18,19). The topological polar surface area (TPSA) is 79.3 Å². The molecule has 5 nitrogen and oxygen atoms in total. The molecule has 1 heterocycles. The molecule has 21 heavy (non-hydrogen) atoms. The number of hydrogen-bond acceptors (Lipinski definition) is 4. The molecular weight excluding hydrogens is 356 g/mol. The van der Waals surface area contributed by atoms with Crippen LogP contribution in [-0.2, 0) is 4.79 Å². The zero-order chi connectivity index (χ0) is 15.2. The van der Waals surface area contributed by atoms with E-state index in [0.717, 1.165) is 16.2 Å². The van der Waals surface area contributed by atoms with Gasteiger partial charge in [0, 0.05) is 10.0 Å². The highest BCUT2D eigenvalue weighted by atomic mass is 79.9. The summed E-state index contributed by atoms with van der Waals surface area (Å²) in [5.41, 5.74) is 1.09. The number of carboxylic acid groups (broad SMARTS) is 1. The molecule has 2 aromatic rings. The third-order valence-corrected chi connectivity index (χ3v) is 3.85. The van der Waals surface area contributed by atoms with Crippen molar-refractivity contribution in [3.63, 3.8) is 0 Å². The normalized spacial score (nSPS) is 10.1. The van der Waals surface area contributed by atoms with Crippen molar-refractivity contribution in [3.8, 4) is 0 Å². The molecule has 1 aromatic heterocycles. The number of anilines is 1. The summed E-state index contributed by atoms with van der Waals surface area (Å²) >= 11 is 4.44. The number of rotatable bonds is 5. The number of amides is 1. The van der Waals surface area contributed by atoms with E-state index in [-0.39, 0.29) is 11.7 Å². The van der Waals surface area contributed by atoms with E-state index in [1.807, 2.05) is 6.07 Å². The van der Waals surface area contributed by atoms with Gasteiger partial charge in [0.1, 0.15) is 0 Å². The largest absolute Gasteiger partial charge is 0.481 e. The Labute approximate surface area is 133 Å². The van der Waals surface area contributed by atoms with Crippen molar-refractivity contribution >= 4 is 45.3 Å². The quantitative estimate of drug-likeness (QED) is 0.793. The Hall–Kier alpha value is -1.86. The van der Waals surface area contributed by atoms with Crippen LogP contribution in [0.3, 0.4) is 0 Å². The Morgan fingerprint density at radius 2 is 2.10 bits per heavy atom. The highest BCUT2D eigenvalue weighted by Crippen LogP contribution is 2.18. The predicted molar refractivity (Wildman–Crippen MR) is 84.7 cm³/mol. The number of aromatic nitrogens is 1. The summed E-state index contributed by atoms with van der Waals surface area (Å²) in [7, 11) is 0. The number of hydrogen-bond donors (Lipinski definition) is 2. The molecule has 2 N–H and O–H groups in total. The molecule has 0 fully saturated rings. The minimum absolute atomic E-state index is 0.0449. The van der Waals surface area contributed by atoms with Crippen LogP contribution in [0.15, 0.2) is 52.1 Å². The SMILES string of the molecule is O=C(O)CSc1ccc(NC(=O)c2cccc(Br)c2)cn1. The number of carbonyl (C=O) groups excluding carboxylic acids is 1. The van der Waals surface area contributed by atoms with E-state index < -0.39 is 5.97 Å². The van der Waals surface area contributed by atoms with Crippen molar-refractivity contribution < 1.29 is 14.7 Å². The highest BCUT2D eigenvalue weighted by molar-refractivity contribution is 9.10. The lowest BCUT2D eigenvalue weighted by atomic mass is 10.2. The predicted octanol–water partition coefficient (Wildman–Crippen LogP) is 3.27. The summed E-state index contributed by atoms with van der Waals surface area (Å²) in [5, 5.41) is 11.9. The van der Waals surface area contributed by atoms with E-state index in [1.54, 1.807) is 30.3 Å². The second kappa shape index (κ2) is 7.24. The van der Waals surface area contributed by atoms with Gasteiger partial charge in [0.15, 0.2) is 0 Å². The maximum atomic E-state index is 12.0. The molecule has 0 saturated carbocycles. The monoisotopic (exact) mass is 366 g/mol. The number of halogens is 1. The Bertz CT molecular complexity index is 662. The summed E-state index contributed by atoms with van der Waals surface area (Å²) < 4.78 is 0.827. The highest BCUT2D eigenvalue weighted by Gasteiger charge is 2.07. The number of aliphatic carboxylic acids is 1. The molecule has 0 unspecified atom stereocenters. The zero-order valence-corrected chi connectivity index (χ0v) is 13.1. The van der Waals surface area contributed by atoms with E-state index in [2.05, 4.69) is 26.2 Å². The Morgan fingerprint density at radius 1 is 1.29 bits per heavy atom. The molecule has 0 spiro atoms. The number of nitrogens with zero attached hydrogens (tertiary/aromatic N) is 1. The Kier molecular flexibility index (Phi) is 5.35. The van der Waals surface area contributed by atoms with Crippen LogP contribution in [0.4, 0.5) is 5.69 Å². The van der Waals surface area contributed by atoms with Crippen LogP contribution in [0.1, 0.15) is 10.4 Å². The number of thioether (sulfide) groups is 1. The van der Waals surface area contributed by atoms with E-state index in [9.17, 15) is 9.59 Å². The third kappa shape index (κ3) is 4.87. The summed E-state index contributed by atoms with van der Waals surface area (Å²) in [6.45, 7) is 0. The average molecular weight is 367 g/mol. The minimum Gasteiger partial charge on any atom is -0.481 e. The second-order valence-electron chi connectivity index (χ2n) is 4.03. The van der Waals surface area contributed by atoms with Gasteiger partial charge in [0.05, 0.1) is 22.7 Å². The van der Waals surface area contributed by atoms with Crippen LogP contribution < -0.4 is 5.32 Å². The first-order valence-electron chi connectivity index (χ1n) is 5.92. The van der Waals surface area contributed by atoms with Gasteiger partial charge in [-0.1, -0.05) is 33.8 Å². The van der Waals surface area contributed by atoms with Crippen molar-refractivity contribution in [1.29, 1.82) is 0 Å². The fourth-order valence-electron chi connectivity index (χ4n) is 1.51. The van der Waals surface area contributed by atoms with Crippen molar-refractivity contribution in [3.05, 3.63) is 52.6 Å². The number of nitrogens with one attached hydrogen (secondary N) is 1. The average Bonchev–Trinajstić information content (AvgIpc) is 2.46. The van der Waals surface area contributed by atoms with Gasteiger partial charge in [-0.2, -0.15) is 0 Å². The van der Waals surface area contributed by atoms with Gasteiger partial charge in [-0.25, -0.2) is 4.98 Å². The molecule has 0 saturated heterocycles. The van der Waals surface area contributed by atoms with Crippen molar-refractivity contribution in [2.75, 3.05) is 11.1 Å². The van der Waals surface area contributed by atoms with Crippen LogP contribution in [0.2, 0.25) is 0 Å². The molecule has 1 amide bonds. The molecule has 2 rings (SSSR count).